The van der Waals surface area contributed by atoms with Crippen LogP contribution >= 0.6 is 0 Å². The summed E-state index contributed by atoms with van der Waals surface area (Å²) >= 11 is 0. The summed E-state index contributed by atoms with van der Waals surface area (Å²) in [5.74, 6) is -1.10. The van der Waals surface area contributed by atoms with Crippen molar-refractivity contribution < 1.29 is 28.5 Å². The predicted molar refractivity (Wildman–Crippen MR) is 52.1 cm³/mol. The highest BCUT2D eigenvalue weighted by Crippen LogP contribution is 2.18. The quantitative estimate of drug-likeness (QED) is 0.394. The van der Waals surface area contributed by atoms with Crippen LogP contribution < -0.4 is 0 Å². The molecular formula is C10H14O6. The fraction of sp³-hybridized carbons (Fsp3) is 0.600. The van der Waals surface area contributed by atoms with Gasteiger partial charge in [0.1, 0.15) is 0 Å². The number of hydrogen-bond acceptors (Lipinski definition) is 6. The highest BCUT2D eigenvalue weighted by atomic mass is 16.7. The maximum atomic E-state index is 10.8. The van der Waals surface area contributed by atoms with Crippen molar-refractivity contribution in [3.8, 4) is 0 Å². The average Bonchev–Trinajstić information content (AvgIpc) is 2.63. The topological polar surface area (TPSA) is 71.1 Å². The minimum Gasteiger partial charge on any atom is -0.422 e. The van der Waals surface area contributed by atoms with Crippen molar-refractivity contribution in [2.24, 2.45) is 0 Å². The Morgan fingerprint density at radius 3 is 2.12 bits per heavy atom. The predicted octanol–water partition coefficient (Wildman–Crippen LogP) is 0.366. The molecule has 1 rings (SSSR count). The Labute approximate surface area is 93.1 Å². The van der Waals surface area contributed by atoms with Crippen molar-refractivity contribution in [2.45, 2.75) is 32.5 Å². The minimum absolute atomic E-state index is 0.515. The van der Waals surface area contributed by atoms with Gasteiger partial charge in [0.05, 0.1) is 0 Å². The lowest BCUT2D eigenvalue weighted by atomic mass is 10.3. The van der Waals surface area contributed by atoms with Gasteiger partial charge in [-0.25, -0.2) is 0 Å². The maximum absolute atomic E-state index is 10.8. The Morgan fingerprint density at radius 1 is 1.19 bits per heavy atom. The fourth-order valence-electron chi connectivity index (χ4n) is 1.22. The monoisotopic (exact) mass is 230 g/mol. The van der Waals surface area contributed by atoms with E-state index in [1.54, 1.807) is 12.2 Å². The van der Waals surface area contributed by atoms with Gasteiger partial charge in [0.15, 0.2) is 12.4 Å². The van der Waals surface area contributed by atoms with E-state index in [1.807, 2.05) is 0 Å². The first-order valence-electron chi connectivity index (χ1n) is 4.74. The van der Waals surface area contributed by atoms with E-state index in [9.17, 15) is 9.59 Å². The molecule has 0 N–H and O–H groups in total. The van der Waals surface area contributed by atoms with Gasteiger partial charge in [-0.2, -0.15) is 0 Å². The third kappa shape index (κ3) is 3.63. The zero-order valence-corrected chi connectivity index (χ0v) is 9.34. The lowest BCUT2D eigenvalue weighted by molar-refractivity contribution is -0.217. The number of carbonyl (C=O) groups excluding carboxylic acids is 2. The molecule has 90 valence electrons. The van der Waals surface area contributed by atoms with E-state index in [0.717, 1.165) is 0 Å². The van der Waals surface area contributed by atoms with Gasteiger partial charge in [-0.3, -0.25) is 9.59 Å². The van der Waals surface area contributed by atoms with Crippen LogP contribution in [0.4, 0.5) is 0 Å². The van der Waals surface area contributed by atoms with Crippen LogP contribution in [0.15, 0.2) is 12.2 Å². The molecule has 1 aliphatic heterocycles. The first-order chi connectivity index (χ1) is 7.52. The van der Waals surface area contributed by atoms with Crippen LogP contribution in [0.3, 0.4) is 0 Å². The molecule has 2 unspecified atom stereocenters. The van der Waals surface area contributed by atoms with Crippen LogP contribution in [-0.2, 0) is 28.5 Å². The van der Waals surface area contributed by atoms with Gasteiger partial charge in [-0.05, 0) is 12.2 Å². The third-order valence-corrected chi connectivity index (χ3v) is 1.81. The van der Waals surface area contributed by atoms with Crippen molar-refractivity contribution in [3.05, 3.63) is 12.2 Å². The van der Waals surface area contributed by atoms with Gasteiger partial charge < -0.3 is 18.9 Å². The molecule has 0 aliphatic carbocycles. The van der Waals surface area contributed by atoms with E-state index in [2.05, 4.69) is 0 Å². The molecule has 16 heavy (non-hydrogen) atoms. The van der Waals surface area contributed by atoms with E-state index in [0.29, 0.717) is 0 Å². The van der Waals surface area contributed by atoms with Gasteiger partial charge >= 0.3 is 11.9 Å². The second-order valence-corrected chi connectivity index (χ2v) is 3.18. The molecule has 0 saturated carbocycles. The number of carbonyl (C=O) groups is 2. The second kappa shape index (κ2) is 5.62. The summed E-state index contributed by atoms with van der Waals surface area (Å²) in [5.41, 5.74) is 0. The largest absolute Gasteiger partial charge is 0.422 e. The van der Waals surface area contributed by atoms with Crippen LogP contribution in [-0.4, -0.2) is 37.7 Å². The van der Waals surface area contributed by atoms with Crippen molar-refractivity contribution in [1.29, 1.82) is 0 Å². The van der Waals surface area contributed by atoms with E-state index >= 15 is 0 Å². The average molecular weight is 230 g/mol. The molecule has 0 fully saturated rings. The minimum atomic E-state index is -1.08. The van der Waals surface area contributed by atoms with E-state index in [-0.39, 0.29) is 0 Å². The maximum Gasteiger partial charge on any atom is 0.305 e. The Hall–Kier alpha value is -1.40. The van der Waals surface area contributed by atoms with Crippen LogP contribution in [0.2, 0.25) is 0 Å². The lowest BCUT2D eigenvalue weighted by Gasteiger charge is -2.22. The van der Waals surface area contributed by atoms with E-state index < -0.39 is 30.6 Å². The van der Waals surface area contributed by atoms with Crippen molar-refractivity contribution in [2.75, 3.05) is 7.11 Å². The van der Waals surface area contributed by atoms with Crippen LogP contribution in [0.25, 0.3) is 0 Å². The molecule has 0 aromatic rings. The van der Waals surface area contributed by atoms with Gasteiger partial charge in [-0.15, -0.1) is 0 Å². The van der Waals surface area contributed by atoms with Gasteiger partial charge in [0.25, 0.3) is 6.29 Å². The summed E-state index contributed by atoms with van der Waals surface area (Å²) in [6, 6.07) is 0. The van der Waals surface area contributed by atoms with Gasteiger partial charge in [-0.1, -0.05) is 0 Å². The highest BCUT2D eigenvalue weighted by Gasteiger charge is 2.31. The molecule has 0 aromatic heterocycles. The normalized spacial score (nSPS) is 23.5. The molecular weight excluding hydrogens is 216 g/mol. The number of hydrogen-bond donors (Lipinski definition) is 0. The molecule has 0 aromatic carbocycles. The number of methoxy groups -OCH3 is 1. The van der Waals surface area contributed by atoms with Gasteiger partial charge in [0, 0.05) is 21.0 Å². The number of rotatable bonds is 4. The Balaban J connectivity index is 2.59. The molecule has 1 aliphatic rings. The van der Waals surface area contributed by atoms with Crippen molar-refractivity contribution >= 4 is 11.9 Å². The molecule has 1 heterocycles. The summed E-state index contributed by atoms with van der Waals surface area (Å²) in [6.45, 7) is 2.45. The van der Waals surface area contributed by atoms with Crippen molar-refractivity contribution in [1.82, 2.24) is 0 Å². The lowest BCUT2D eigenvalue weighted by Crippen LogP contribution is -2.35. The van der Waals surface area contributed by atoms with Gasteiger partial charge in [0.2, 0.25) is 0 Å². The first-order valence-corrected chi connectivity index (χ1v) is 4.74. The van der Waals surface area contributed by atoms with Crippen LogP contribution in [0, 0.1) is 0 Å². The number of ether oxygens (including phenoxy) is 4. The smallest absolute Gasteiger partial charge is 0.305 e. The van der Waals surface area contributed by atoms with Crippen molar-refractivity contribution in [3.63, 3.8) is 0 Å². The molecule has 0 saturated heterocycles. The first kappa shape index (κ1) is 12.7. The Kier molecular flexibility index (Phi) is 4.45. The third-order valence-electron chi connectivity index (χ3n) is 1.81. The summed E-state index contributed by atoms with van der Waals surface area (Å²) in [7, 11) is 1.48. The molecule has 6 nitrogen and oxygen atoms in total. The fourth-order valence-corrected chi connectivity index (χ4v) is 1.22. The zero-order chi connectivity index (χ0) is 12.1. The molecule has 0 bridgehead atoms. The van der Waals surface area contributed by atoms with Crippen LogP contribution in [0.5, 0.6) is 0 Å². The number of esters is 2. The molecule has 2 atom stereocenters. The molecule has 0 radical (unpaired) electrons. The van der Waals surface area contributed by atoms with E-state index in [4.69, 9.17) is 18.9 Å². The SMILES string of the molecule is COC1C=CC(C(OC(C)=O)OC(C)=O)O1. The summed E-state index contributed by atoms with van der Waals surface area (Å²) < 4.78 is 19.8. The summed E-state index contributed by atoms with van der Waals surface area (Å²) in [4.78, 5) is 21.6. The second-order valence-electron chi connectivity index (χ2n) is 3.18. The Bertz CT molecular complexity index is 282. The summed E-state index contributed by atoms with van der Waals surface area (Å²) in [6.07, 6.45) is 1.03. The summed E-state index contributed by atoms with van der Waals surface area (Å²) in [5, 5.41) is 0. The molecule has 6 heteroatoms. The molecule has 0 amide bonds. The molecule has 0 spiro atoms. The van der Waals surface area contributed by atoms with Crippen LogP contribution in [0.1, 0.15) is 13.8 Å². The standard InChI is InChI=1S/C10H14O6/c1-6(11)14-10(15-7(2)12)8-4-5-9(13-3)16-8/h4-5,8-10H,1-3H3. The zero-order valence-electron chi connectivity index (χ0n) is 9.34. The Morgan fingerprint density at radius 2 is 1.75 bits per heavy atom. The van der Waals surface area contributed by atoms with E-state index in [1.165, 1.54) is 21.0 Å². The highest BCUT2D eigenvalue weighted by molar-refractivity contribution is 5.68.